The summed E-state index contributed by atoms with van der Waals surface area (Å²) in [5, 5.41) is 9.44. The molecule has 21 heavy (non-hydrogen) atoms. The Morgan fingerprint density at radius 3 is 2.52 bits per heavy atom. The molecule has 4 heteroatoms. The molecule has 0 fully saturated rings. The van der Waals surface area contributed by atoms with E-state index in [0.717, 1.165) is 54.5 Å². The summed E-state index contributed by atoms with van der Waals surface area (Å²) in [4.78, 5) is 4.43. The van der Waals surface area contributed by atoms with Gasteiger partial charge in [0.15, 0.2) is 0 Å². The van der Waals surface area contributed by atoms with Gasteiger partial charge in [-0.15, -0.1) is 0 Å². The number of nitrogen functional groups attached to an aromatic ring is 1. The van der Waals surface area contributed by atoms with Crippen molar-refractivity contribution in [2.24, 2.45) is 0 Å². The summed E-state index contributed by atoms with van der Waals surface area (Å²) in [7, 11) is 0. The van der Waals surface area contributed by atoms with E-state index in [0.29, 0.717) is 5.56 Å². The smallest absolute Gasteiger partial charge is 0.142 e. The molecular formula is C17H16FN3. The number of anilines is 1. The molecule has 106 valence electrons. The maximum atomic E-state index is 13.2. The molecule has 0 aliphatic heterocycles. The van der Waals surface area contributed by atoms with Gasteiger partial charge in [0.1, 0.15) is 23.3 Å². The number of pyridine rings is 1. The summed E-state index contributed by atoms with van der Waals surface area (Å²) in [6, 6.07) is 8.40. The van der Waals surface area contributed by atoms with Crippen LogP contribution in [0.4, 0.5) is 10.2 Å². The van der Waals surface area contributed by atoms with E-state index < -0.39 is 0 Å². The van der Waals surface area contributed by atoms with Crippen molar-refractivity contribution in [2.75, 3.05) is 5.73 Å². The molecule has 3 rings (SSSR count). The zero-order valence-corrected chi connectivity index (χ0v) is 11.7. The minimum Gasteiger partial charge on any atom is -0.383 e. The van der Waals surface area contributed by atoms with Gasteiger partial charge in [0.25, 0.3) is 0 Å². The number of fused-ring (bicyclic) bond motifs is 1. The van der Waals surface area contributed by atoms with E-state index in [1.807, 2.05) is 0 Å². The number of aromatic nitrogens is 1. The third-order valence-corrected chi connectivity index (χ3v) is 4.00. The first-order valence-electron chi connectivity index (χ1n) is 7.18. The van der Waals surface area contributed by atoms with Crippen molar-refractivity contribution in [2.45, 2.75) is 32.1 Å². The number of nitrogens with zero attached hydrogens (tertiary/aromatic N) is 2. The Morgan fingerprint density at radius 1 is 1.10 bits per heavy atom. The predicted molar refractivity (Wildman–Crippen MR) is 80.0 cm³/mol. The number of halogens is 1. The predicted octanol–water partition coefficient (Wildman–Crippen LogP) is 3.61. The molecule has 0 spiro atoms. The Kier molecular flexibility index (Phi) is 3.57. The number of hydrogen-bond acceptors (Lipinski definition) is 3. The maximum Gasteiger partial charge on any atom is 0.142 e. The van der Waals surface area contributed by atoms with Crippen LogP contribution in [0.1, 0.15) is 36.1 Å². The Morgan fingerprint density at radius 2 is 1.81 bits per heavy atom. The first kappa shape index (κ1) is 13.6. The zero-order valence-electron chi connectivity index (χ0n) is 11.7. The van der Waals surface area contributed by atoms with Crippen LogP contribution in [0.5, 0.6) is 0 Å². The highest BCUT2D eigenvalue weighted by atomic mass is 19.1. The summed E-state index contributed by atoms with van der Waals surface area (Å²) in [6.45, 7) is 0. The van der Waals surface area contributed by atoms with Gasteiger partial charge in [-0.25, -0.2) is 9.37 Å². The average Bonchev–Trinajstić information content (AvgIpc) is 2.72. The highest BCUT2D eigenvalue weighted by Crippen LogP contribution is 2.35. The number of nitrogens with two attached hydrogens (primary N) is 1. The van der Waals surface area contributed by atoms with Crippen LogP contribution in [0.15, 0.2) is 24.3 Å². The van der Waals surface area contributed by atoms with Gasteiger partial charge in [0.2, 0.25) is 0 Å². The first-order valence-corrected chi connectivity index (χ1v) is 7.18. The molecule has 2 N–H and O–H groups in total. The highest BCUT2D eigenvalue weighted by Gasteiger charge is 2.21. The van der Waals surface area contributed by atoms with Crippen molar-refractivity contribution in [1.29, 1.82) is 5.26 Å². The van der Waals surface area contributed by atoms with Crippen molar-refractivity contribution in [3.05, 3.63) is 46.9 Å². The summed E-state index contributed by atoms with van der Waals surface area (Å²) < 4.78 is 13.2. The molecule has 0 saturated carbocycles. The molecule has 0 saturated heterocycles. The number of benzene rings is 1. The summed E-state index contributed by atoms with van der Waals surface area (Å²) >= 11 is 0. The molecule has 0 amide bonds. The van der Waals surface area contributed by atoms with Crippen molar-refractivity contribution < 1.29 is 4.39 Å². The van der Waals surface area contributed by atoms with Gasteiger partial charge in [0.05, 0.1) is 0 Å². The summed E-state index contributed by atoms with van der Waals surface area (Å²) in [5.74, 6) is -0.0112. The summed E-state index contributed by atoms with van der Waals surface area (Å²) in [5.41, 5.74) is 10.1. The Labute approximate surface area is 123 Å². The molecule has 1 aliphatic rings. The standard InChI is InChI=1S/C17H16FN3/c18-12-8-6-11(7-9-12)16-13-4-2-1-3-5-15(13)21-17(20)14(16)10-19/h6-9H,1-5H2,(H2,20,21). The normalized spacial score (nSPS) is 14.1. The minimum atomic E-state index is -0.287. The lowest BCUT2D eigenvalue weighted by Crippen LogP contribution is -2.06. The number of nitriles is 1. The lowest BCUT2D eigenvalue weighted by Gasteiger charge is -2.15. The van der Waals surface area contributed by atoms with Gasteiger partial charge >= 0.3 is 0 Å². The molecule has 2 aromatic rings. The SMILES string of the molecule is N#Cc1c(N)nc2c(c1-c1ccc(F)cc1)CCCCC2. The second-order valence-electron chi connectivity index (χ2n) is 5.35. The van der Waals surface area contributed by atoms with Gasteiger partial charge < -0.3 is 5.73 Å². The van der Waals surface area contributed by atoms with Crippen LogP contribution in [0, 0.1) is 17.1 Å². The van der Waals surface area contributed by atoms with E-state index in [-0.39, 0.29) is 11.6 Å². The van der Waals surface area contributed by atoms with E-state index in [2.05, 4.69) is 11.1 Å². The van der Waals surface area contributed by atoms with Crippen LogP contribution in [-0.2, 0) is 12.8 Å². The van der Waals surface area contributed by atoms with Crippen LogP contribution in [0.2, 0.25) is 0 Å². The van der Waals surface area contributed by atoms with Crippen LogP contribution in [0.3, 0.4) is 0 Å². The minimum absolute atomic E-state index is 0.275. The quantitative estimate of drug-likeness (QED) is 0.812. The molecule has 1 aromatic heterocycles. The van der Waals surface area contributed by atoms with Crippen molar-refractivity contribution in [3.8, 4) is 17.2 Å². The van der Waals surface area contributed by atoms with Gasteiger partial charge in [-0.1, -0.05) is 18.6 Å². The average molecular weight is 281 g/mol. The topological polar surface area (TPSA) is 62.7 Å². The number of hydrogen-bond donors (Lipinski definition) is 1. The van der Waals surface area contributed by atoms with Crippen LogP contribution in [-0.4, -0.2) is 4.98 Å². The van der Waals surface area contributed by atoms with E-state index >= 15 is 0 Å². The zero-order chi connectivity index (χ0) is 14.8. The van der Waals surface area contributed by atoms with Crippen molar-refractivity contribution in [1.82, 2.24) is 4.98 Å². The molecule has 1 aliphatic carbocycles. The van der Waals surface area contributed by atoms with Crippen molar-refractivity contribution in [3.63, 3.8) is 0 Å². The second kappa shape index (κ2) is 5.53. The van der Waals surface area contributed by atoms with E-state index in [1.54, 1.807) is 12.1 Å². The van der Waals surface area contributed by atoms with E-state index in [1.165, 1.54) is 12.1 Å². The fourth-order valence-electron chi connectivity index (χ4n) is 2.99. The largest absolute Gasteiger partial charge is 0.383 e. The van der Waals surface area contributed by atoms with Gasteiger partial charge in [-0.3, -0.25) is 0 Å². The second-order valence-corrected chi connectivity index (χ2v) is 5.35. The molecule has 0 radical (unpaired) electrons. The fraction of sp³-hybridized carbons (Fsp3) is 0.294. The fourth-order valence-corrected chi connectivity index (χ4v) is 2.99. The first-order chi connectivity index (χ1) is 10.2. The van der Waals surface area contributed by atoms with E-state index in [9.17, 15) is 9.65 Å². The monoisotopic (exact) mass is 281 g/mol. The molecule has 0 bridgehead atoms. The molecule has 0 atom stereocenters. The van der Waals surface area contributed by atoms with Crippen molar-refractivity contribution >= 4 is 5.82 Å². The molecule has 3 nitrogen and oxygen atoms in total. The van der Waals surface area contributed by atoms with E-state index in [4.69, 9.17) is 5.73 Å². The van der Waals surface area contributed by atoms with Gasteiger partial charge in [-0.2, -0.15) is 5.26 Å². The van der Waals surface area contributed by atoms with Gasteiger partial charge in [0, 0.05) is 11.3 Å². The summed E-state index contributed by atoms with van der Waals surface area (Å²) in [6.07, 6.45) is 5.11. The molecule has 1 aromatic carbocycles. The molecule has 0 unspecified atom stereocenters. The number of aryl methyl sites for hydroxylation is 1. The third-order valence-electron chi connectivity index (χ3n) is 4.00. The van der Waals surface area contributed by atoms with Crippen LogP contribution < -0.4 is 5.73 Å². The highest BCUT2D eigenvalue weighted by molar-refractivity contribution is 5.79. The Balaban J connectivity index is 2.28. The van der Waals surface area contributed by atoms with Gasteiger partial charge in [-0.05, 0) is 48.9 Å². The third kappa shape index (κ3) is 2.47. The lowest BCUT2D eigenvalue weighted by atomic mass is 9.92. The van der Waals surface area contributed by atoms with Crippen LogP contribution >= 0.6 is 0 Å². The van der Waals surface area contributed by atoms with Crippen LogP contribution in [0.25, 0.3) is 11.1 Å². The molecular weight excluding hydrogens is 265 g/mol. The molecule has 1 heterocycles. The maximum absolute atomic E-state index is 13.2. The Hall–Kier alpha value is -2.41. The lowest BCUT2D eigenvalue weighted by molar-refractivity contribution is 0.628. The number of rotatable bonds is 1. The Bertz CT molecular complexity index is 714.